The fourth-order valence-electron chi connectivity index (χ4n) is 1.83. The van der Waals surface area contributed by atoms with E-state index in [4.69, 9.17) is 0 Å². The van der Waals surface area contributed by atoms with E-state index in [0.717, 1.165) is 19.5 Å². The molecule has 1 heterocycles. The van der Waals surface area contributed by atoms with Crippen molar-refractivity contribution in [1.29, 1.82) is 0 Å². The van der Waals surface area contributed by atoms with E-state index in [1.807, 2.05) is 11.0 Å². The fraction of sp³-hybridized carbons (Fsp3) is 0.364. The highest BCUT2D eigenvalue weighted by molar-refractivity contribution is 9.10. The van der Waals surface area contributed by atoms with E-state index in [0.29, 0.717) is 0 Å². The Hall–Kier alpha value is -0.830. The van der Waals surface area contributed by atoms with Gasteiger partial charge in [-0.05, 0) is 23.6 Å². The van der Waals surface area contributed by atoms with Gasteiger partial charge in [-0.15, -0.1) is 0 Å². The van der Waals surface area contributed by atoms with E-state index in [1.54, 1.807) is 6.92 Å². The zero-order chi connectivity index (χ0) is 10.1. The zero-order valence-corrected chi connectivity index (χ0v) is 9.67. The monoisotopic (exact) mass is 253 g/mol. The normalized spacial score (nSPS) is 15.1. The summed E-state index contributed by atoms with van der Waals surface area (Å²) in [5.74, 6) is 0.163. The van der Waals surface area contributed by atoms with Gasteiger partial charge in [-0.3, -0.25) is 4.79 Å². The van der Waals surface area contributed by atoms with Crippen molar-refractivity contribution in [3.05, 3.63) is 33.8 Å². The van der Waals surface area contributed by atoms with Gasteiger partial charge in [-0.25, -0.2) is 0 Å². The third-order valence-electron chi connectivity index (χ3n) is 2.65. The summed E-state index contributed by atoms with van der Waals surface area (Å²) in [4.78, 5) is 13.1. The minimum Gasteiger partial charge on any atom is -0.338 e. The number of rotatable bonds is 0. The van der Waals surface area contributed by atoms with Crippen LogP contribution < -0.4 is 0 Å². The van der Waals surface area contributed by atoms with Crippen molar-refractivity contribution in [2.45, 2.75) is 19.9 Å². The van der Waals surface area contributed by atoms with Crippen LogP contribution in [0.5, 0.6) is 0 Å². The zero-order valence-electron chi connectivity index (χ0n) is 8.09. The van der Waals surface area contributed by atoms with Gasteiger partial charge in [0.2, 0.25) is 5.91 Å². The third-order valence-corrected chi connectivity index (χ3v) is 3.40. The molecule has 1 aromatic carbocycles. The molecule has 1 amide bonds. The van der Waals surface area contributed by atoms with Crippen LogP contribution in [0.15, 0.2) is 22.7 Å². The van der Waals surface area contributed by atoms with Crippen LogP contribution in [0.1, 0.15) is 18.1 Å². The van der Waals surface area contributed by atoms with Crippen LogP contribution in [0.4, 0.5) is 0 Å². The Morgan fingerprint density at radius 1 is 1.50 bits per heavy atom. The van der Waals surface area contributed by atoms with Crippen molar-refractivity contribution in [3.8, 4) is 0 Å². The van der Waals surface area contributed by atoms with Gasteiger partial charge in [0.15, 0.2) is 0 Å². The number of hydrogen-bond acceptors (Lipinski definition) is 1. The maximum absolute atomic E-state index is 11.2. The number of fused-ring (bicyclic) bond motifs is 1. The number of carbonyl (C=O) groups is 1. The van der Waals surface area contributed by atoms with Crippen molar-refractivity contribution in [2.24, 2.45) is 0 Å². The molecule has 2 rings (SSSR count). The summed E-state index contributed by atoms with van der Waals surface area (Å²) in [7, 11) is 0. The number of hydrogen-bond donors (Lipinski definition) is 0. The maximum atomic E-state index is 11.2. The van der Waals surface area contributed by atoms with Crippen LogP contribution in [-0.4, -0.2) is 17.4 Å². The first-order valence-electron chi connectivity index (χ1n) is 4.70. The quantitative estimate of drug-likeness (QED) is 0.696. The van der Waals surface area contributed by atoms with Gasteiger partial charge in [0.25, 0.3) is 0 Å². The Bertz CT molecular complexity index is 376. The lowest BCUT2D eigenvalue weighted by molar-refractivity contribution is -0.129. The molecule has 1 aliphatic heterocycles. The summed E-state index contributed by atoms with van der Waals surface area (Å²) in [5, 5.41) is 0. The van der Waals surface area contributed by atoms with Gasteiger partial charge >= 0.3 is 0 Å². The second-order valence-electron chi connectivity index (χ2n) is 3.57. The highest BCUT2D eigenvalue weighted by Gasteiger charge is 2.18. The molecule has 0 spiro atoms. The van der Waals surface area contributed by atoms with E-state index in [2.05, 4.69) is 28.1 Å². The lowest BCUT2D eigenvalue weighted by Gasteiger charge is -2.28. The number of benzene rings is 1. The van der Waals surface area contributed by atoms with Gasteiger partial charge in [0, 0.05) is 24.5 Å². The van der Waals surface area contributed by atoms with E-state index in [9.17, 15) is 4.79 Å². The Labute approximate surface area is 92.0 Å². The van der Waals surface area contributed by atoms with E-state index in [1.165, 1.54) is 15.6 Å². The number of halogens is 1. The molecule has 14 heavy (non-hydrogen) atoms. The van der Waals surface area contributed by atoms with E-state index >= 15 is 0 Å². The van der Waals surface area contributed by atoms with Crippen molar-refractivity contribution < 1.29 is 4.79 Å². The van der Waals surface area contributed by atoms with Crippen molar-refractivity contribution in [1.82, 2.24) is 4.90 Å². The summed E-state index contributed by atoms with van der Waals surface area (Å²) >= 11 is 3.54. The highest BCUT2D eigenvalue weighted by Crippen LogP contribution is 2.26. The molecular formula is C11H12BrNO. The number of nitrogens with zero attached hydrogens (tertiary/aromatic N) is 1. The molecule has 0 N–H and O–H groups in total. The SMILES string of the molecule is CC(=O)N1CCc2c(Br)cccc2C1. The highest BCUT2D eigenvalue weighted by atomic mass is 79.9. The Kier molecular flexibility index (Phi) is 2.59. The predicted octanol–water partition coefficient (Wildman–Crippen LogP) is 2.35. The van der Waals surface area contributed by atoms with Crippen LogP contribution in [0.25, 0.3) is 0 Å². The summed E-state index contributed by atoms with van der Waals surface area (Å²) in [6, 6.07) is 6.17. The molecule has 0 aliphatic carbocycles. The smallest absolute Gasteiger partial charge is 0.219 e. The molecule has 2 nitrogen and oxygen atoms in total. The summed E-state index contributed by atoms with van der Waals surface area (Å²) in [5.41, 5.74) is 2.62. The van der Waals surface area contributed by atoms with Crippen LogP contribution >= 0.6 is 15.9 Å². The maximum Gasteiger partial charge on any atom is 0.219 e. The molecule has 3 heteroatoms. The molecule has 0 unspecified atom stereocenters. The molecule has 1 aliphatic rings. The fourth-order valence-corrected chi connectivity index (χ4v) is 2.44. The van der Waals surface area contributed by atoms with Crippen molar-refractivity contribution >= 4 is 21.8 Å². The van der Waals surface area contributed by atoms with Gasteiger partial charge in [-0.2, -0.15) is 0 Å². The summed E-state index contributed by atoms with van der Waals surface area (Å²) in [6.07, 6.45) is 0.955. The minimum absolute atomic E-state index is 0.163. The standard InChI is InChI=1S/C11H12BrNO/c1-8(14)13-6-5-10-9(7-13)3-2-4-11(10)12/h2-4H,5-7H2,1H3. The lowest BCUT2D eigenvalue weighted by Crippen LogP contribution is -2.34. The Morgan fingerprint density at radius 3 is 3.00 bits per heavy atom. The third kappa shape index (κ3) is 1.69. The number of carbonyl (C=O) groups excluding carboxylic acids is 1. The van der Waals surface area contributed by atoms with Gasteiger partial charge in [-0.1, -0.05) is 28.1 Å². The molecular weight excluding hydrogens is 242 g/mol. The van der Waals surface area contributed by atoms with Crippen molar-refractivity contribution in [3.63, 3.8) is 0 Å². The van der Waals surface area contributed by atoms with Crippen LogP contribution in [0.3, 0.4) is 0 Å². The topological polar surface area (TPSA) is 20.3 Å². The van der Waals surface area contributed by atoms with Crippen LogP contribution in [0.2, 0.25) is 0 Å². The summed E-state index contributed by atoms with van der Waals surface area (Å²) in [6.45, 7) is 3.22. The van der Waals surface area contributed by atoms with E-state index in [-0.39, 0.29) is 5.91 Å². The van der Waals surface area contributed by atoms with E-state index < -0.39 is 0 Å². The molecule has 0 fully saturated rings. The van der Waals surface area contributed by atoms with Gasteiger partial charge < -0.3 is 4.90 Å². The summed E-state index contributed by atoms with van der Waals surface area (Å²) < 4.78 is 1.17. The van der Waals surface area contributed by atoms with Gasteiger partial charge in [0.05, 0.1) is 0 Å². The second-order valence-corrected chi connectivity index (χ2v) is 4.42. The molecule has 0 atom stereocenters. The van der Waals surface area contributed by atoms with Crippen molar-refractivity contribution in [2.75, 3.05) is 6.54 Å². The first kappa shape index (κ1) is 9.71. The average Bonchev–Trinajstić information content (AvgIpc) is 2.17. The molecule has 0 saturated carbocycles. The second kappa shape index (κ2) is 3.73. The Morgan fingerprint density at radius 2 is 2.29 bits per heavy atom. The Balaban J connectivity index is 2.31. The average molecular weight is 254 g/mol. The molecule has 0 bridgehead atoms. The van der Waals surface area contributed by atoms with Crippen LogP contribution in [-0.2, 0) is 17.8 Å². The first-order chi connectivity index (χ1) is 6.68. The number of amides is 1. The lowest BCUT2D eigenvalue weighted by atomic mass is 10.00. The molecule has 1 aromatic rings. The predicted molar refractivity (Wildman–Crippen MR) is 58.9 cm³/mol. The molecule has 0 saturated heterocycles. The molecule has 74 valence electrons. The molecule has 0 radical (unpaired) electrons. The minimum atomic E-state index is 0.163. The van der Waals surface area contributed by atoms with Gasteiger partial charge in [0.1, 0.15) is 0 Å². The molecule has 0 aromatic heterocycles. The largest absolute Gasteiger partial charge is 0.338 e. The first-order valence-corrected chi connectivity index (χ1v) is 5.49. The van der Waals surface area contributed by atoms with Crippen LogP contribution in [0, 0.1) is 0 Å².